The molecule has 30 heavy (non-hydrogen) atoms. The zero-order valence-corrected chi connectivity index (χ0v) is 18.8. The Morgan fingerprint density at radius 1 is 1.17 bits per heavy atom. The van der Waals surface area contributed by atoms with Gasteiger partial charge in [0.15, 0.2) is 0 Å². The van der Waals surface area contributed by atoms with Crippen LogP contribution in [-0.2, 0) is 4.79 Å². The fourth-order valence-corrected chi connectivity index (χ4v) is 4.21. The van der Waals surface area contributed by atoms with Gasteiger partial charge in [-0.15, -0.1) is 0 Å². The van der Waals surface area contributed by atoms with Crippen LogP contribution in [0.4, 0.5) is 0 Å². The van der Waals surface area contributed by atoms with E-state index in [4.69, 9.17) is 11.6 Å². The highest BCUT2D eigenvalue weighted by atomic mass is 35.5. The van der Waals surface area contributed by atoms with Gasteiger partial charge < -0.3 is 15.2 Å². The Morgan fingerprint density at radius 3 is 2.57 bits per heavy atom. The van der Waals surface area contributed by atoms with E-state index in [1.54, 1.807) is 0 Å². The van der Waals surface area contributed by atoms with Crippen LogP contribution < -0.4 is 10.6 Å². The second kappa shape index (κ2) is 10.1. The molecule has 1 aliphatic heterocycles. The number of likely N-dealkylation sites (tertiary alicyclic amines) is 1. The number of aromatic nitrogens is 1. The third-order valence-corrected chi connectivity index (χ3v) is 5.84. The molecule has 0 saturated carbocycles. The van der Waals surface area contributed by atoms with Crippen LogP contribution in [0.1, 0.15) is 47.9 Å². The average Bonchev–Trinajstić information content (AvgIpc) is 3.02. The summed E-state index contributed by atoms with van der Waals surface area (Å²) in [7, 11) is 0. The normalized spacial score (nSPS) is 15.2. The lowest BCUT2D eigenvalue weighted by molar-refractivity contribution is -0.122. The number of nitrogens with one attached hydrogen (secondary N) is 2. The van der Waals surface area contributed by atoms with Crippen molar-refractivity contribution in [2.24, 2.45) is 0 Å². The topological polar surface area (TPSA) is 66.4 Å². The van der Waals surface area contributed by atoms with E-state index in [0.29, 0.717) is 17.1 Å². The highest BCUT2D eigenvalue weighted by molar-refractivity contribution is 6.30. The van der Waals surface area contributed by atoms with E-state index in [1.165, 1.54) is 0 Å². The SMILES string of the molecule is CCCNC(=O)CN1CCC(NC(=O)c2cc(C)n(-c3cccc(Cl)c3)c2C)CC1. The number of benzene rings is 1. The van der Waals surface area contributed by atoms with Crippen molar-refractivity contribution in [3.8, 4) is 5.69 Å². The Morgan fingerprint density at radius 2 is 1.90 bits per heavy atom. The summed E-state index contributed by atoms with van der Waals surface area (Å²) in [4.78, 5) is 27.0. The summed E-state index contributed by atoms with van der Waals surface area (Å²) in [6.07, 6.45) is 2.64. The van der Waals surface area contributed by atoms with Gasteiger partial charge in [-0.2, -0.15) is 0 Å². The molecule has 1 aliphatic rings. The first kappa shape index (κ1) is 22.4. The monoisotopic (exact) mass is 430 g/mol. The first-order chi connectivity index (χ1) is 14.4. The van der Waals surface area contributed by atoms with E-state index in [-0.39, 0.29) is 17.9 Å². The molecule has 0 spiro atoms. The van der Waals surface area contributed by atoms with Crippen LogP contribution in [0, 0.1) is 13.8 Å². The maximum Gasteiger partial charge on any atom is 0.253 e. The van der Waals surface area contributed by atoms with E-state index >= 15 is 0 Å². The molecule has 1 saturated heterocycles. The number of aryl methyl sites for hydroxylation is 1. The van der Waals surface area contributed by atoms with Crippen molar-refractivity contribution in [1.82, 2.24) is 20.1 Å². The molecular weight excluding hydrogens is 400 g/mol. The number of carbonyl (C=O) groups is 2. The summed E-state index contributed by atoms with van der Waals surface area (Å²) in [5.74, 6) is 0.0308. The third-order valence-electron chi connectivity index (χ3n) is 5.60. The molecule has 1 fully saturated rings. The smallest absolute Gasteiger partial charge is 0.253 e. The second-order valence-corrected chi connectivity index (χ2v) is 8.41. The molecular formula is C23H31ClN4O2. The number of hydrogen-bond acceptors (Lipinski definition) is 3. The van der Waals surface area contributed by atoms with Gasteiger partial charge in [-0.1, -0.05) is 24.6 Å². The van der Waals surface area contributed by atoms with Crippen molar-refractivity contribution in [1.29, 1.82) is 0 Å². The van der Waals surface area contributed by atoms with Crippen LogP contribution in [-0.4, -0.2) is 53.5 Å². The van der Waals surface area contributed by atoms with Crippen LogP contribution in [0.25, 0.3) is 5.69 Å². The standard InChI is InChI=1S/C23H31ClN4O2/c1-4-10-25-22(29)15-27-11-8-19(9-12-27)26-23(30)21-13-16(2)28(17(21)3)20-7-5-6-18(24)14-20/h5-7,13-14,19H,4,8-12,15H2,1-3H3,(H,25,29)(H,26,30). The first-order valence-corrected chi connectivity index (χ1v) is 11.0. The molecule has 2 N–H and O–H groups in total. The van der Waals surface area contributed by atoms with E-state index in [1.807, 2.05) is 51.1 Å². The van der Waals surface area contributed by atoms with Crippen molar-refractivity contribution in [3.05, 3.63) is 52.3 Å². The van der Waals surface area contributed by atoms with Gasteiger partial charge in [-0.05, 0) is 57.4 Å². The Hall–Kier alpha value is -2.31. The number of hydrogen-bond donors (Lipinski definition) is 2. The fourth-order valence-electron chi connectivity index (χ4n) is 4.03. The van der Waals surface area contributed by atoms with Gasteiger partial charge in [0.1, 0.15) is 0 Å². The number of rotatable bonds is 7. The molecule has 6 nitrogen and oxygen atoms in total. The third kappa shape index (κ3) is 5.43. The van der Waals surface area contributed by atoms with Gasteiger partial charge in [0, 0.05) is 47.8 Å². The minimum Gasteiger partial charge on any atom is -0.355 e. The van der Waals surface area contributed by atoms with Crippen LogP contribution in [0.2, 0.25) is 5.02 Å². The molecule has 2 heterocycles. The first-order valence-electron chi connectivity index (χ1n) is 10.6. The maximum absolute atomic E-state index is 12.9. The Bertz CT molecular complexity index is 901. The Kier molecular flexibility index (Phi) is 7.56. The van der Waals surface area contributed by atoms with Crippen molar-refractivity contribution in [2.75, 3.05) is 26.2 Å². The summed E-state index contributed by atoms with van der Waals surface area (Å²) < 4.78 is 2.05. The molecule has 1 aromatic heterocycles. The quantitative estimate of drug-likeness (QED) is 0.706. The zero-order chi connectivity index (χ0) is 21.7. The van der Waals surface area contributed by atoms with Gasteiger partial charge in [-0.3, -0.25) is 14.5 Å². The number of halogens is 1. The largest absolute Gasteiger partial charge is 0.355 e. The lowest BCUT2D eigenvalue weighted by Gasteiger charge is -2.31. The number of amides is 2. The second-order valence-electron chi connectivity index (χ2n) is 7.97. The summed E-state index contributed by atoms with van der Waals surface area (Å²) in [5, 5.41) is 6.76. The highest BCUT2D eigenvalue weighted by Gasteiger charge is 2.24. The lowest BCUT2D eigenvalue weighted by atomic mass is 10.0. The average molecular weight is 431 g/mol. The summed E-state index contributed by atoms with van der Waals surface area (Å²) in [6, 6.07) is 9.69. The molecule has 0 radical (unpaired) electrons. The van der Waals surface area contributed by atoms with Crippen molar-refractivity contribution >= 4 is 23.4 Å². The fraction of sp³-hybridized carbons (Fsp3) is 0.478. The van der Waals surface area contributed by atoms with Crippen LogP contribution in [0.15, 0.2) is 30.3 Å². The van der Waals surface area contributed by atoms with Gasteiger partial charge >= 0.3 is 0 Å². The zero-order valence-electron chi connectivity index (χ0n) is 18.0. The predicted octanol–water partition coefficient (Wildman–Crippen LogP) is 3.47. The van der Waals surface area contributed by atoms with Gasteiger partial charge in [0.2, 0.25) is 5.91 Å². The molecule has 1 aromatic carbocycles. The van der Waals surface area contributed by atoms with Crippen LogP contribution in [0.3, 0.4) is 0 Å². The lowest BCUT2D eigenvalue weighted by Crippen LogP contribution is -2.47. The predicted molar refractivity (Wildman–Crippen MR) is 120 cm³/mol. The maximum atomic E-state index is 12.9. The molecule has 2 amide bonds. The molecule has 0 unspecified atom stereocenters. The van der Waals surface area contributed by atoms with Gasteiger partial charge in [0.25, 0.3) is 5.91 Å². The Balaban J connectivity index is 1.59. The van der Waals surface area contributed by atoms with Gasteiger partial charge in [0.05, 0.1) is 12.1 Å². The van der Waals surface area contributed by atoms with E-state index < -0.39 is 0 Å². The van der Waals surface area contributed by atoms with E-state index in [2.05, 4.69) is 20.1 Å². The minimum absolute atomic E-state index is 0.0458. The molecule has 0 aliphatic carbocycles. The number of carbonyl (C=O) groups excluding carboxylic acids is 2. The van der Waals surface area contributed by atoms with E-state index in [9.17, 15) is 9.59 Å². The van der Waals surface area contributed by atoms with E-state index in [0.717, 1.165) is 56.0 Å². The van der Waals surface area contributed by atoms with Crippen LogP contribution in [0.5, 0.6) is 0 Å². The number of nitrogens with zero attached hydrogens (tertiary/aromatic N) is 2. The van der Waals surface area contributed by atoms with Crippen molar-refractivity contribution in [3.63, 3.8) is 0 Å². The van der Waals surface area contributed by atoms with Gasteiger partial charge in [-0.25, -0.2) is 0 Å². The molecule has 0 atom stereocenters. The molecule has 3 rings (SSSR count). The molecule has 7 heteroatoms. The molecule has 162 valence electrons. The summed E-state index contributed by atoms with van der Waals surface area (Å²) in [5.41, 5.74) is 3.53. The molecule has 2 aromatic rings. The van der Waals surface area contributed by atoms with Crippen molar-refractivity contribution < 1.29 is 9.59 Å². The highest BCUT2D eigenvalue weighted by Crippen LogP contribution is 2.23. The number of piperidine rings is 1. The summed E-state index contributed by atoms with van der Waals surface area (Å²) >= 11 is 6.14. The Labute approximate surface area is 183 Å². The summed E-state index contributed by atoms with van der Waals surface area (Å²) in [6.45, 7) is 8.77. The van der Waals surface area contributed by atoms with Crippen molar-refractivity contribution in [2.45, 2.75) is 46.1 Å². The molecule has 0 bridgehead atoms. The minimum atomic E-state index is -0.0458. The van der Waals surface area contributed by atoms with Crippen LogP contribution >= 0.6 is 11.6 Å².